The lowest BCUT2D eigenvalue weighted by atomic mass is 10.3. The zero-order chi connectivity index (χ0) is 14.3. The Morgan fingerprint density at radius 1 is 1.37 bits per heavy atom. The molecule has 0 aliphatic carbocycles. The molecule has 8 heteroatoms. The van der Waals surface area contributed by atoms with Crippen LogP contribution in [0, 0.1) is 0 Å². The minimum Gasteiger partial charge on any atom is -0.299 e. The zero-order valence-corrected chi connectivity index (χ0v) is 11.1. The number of hydrogen-bond donors (Lipinski definition) is 2. The van der Waals surface area contributed by atoms with E-state index in [2.05, 4.69) is 17.0 Å². The van der Waals surface area contributed by atoms with Crippen molar-refractivity contribution in [1.82, 2.24) is 18.7 Å². The van der Waals surface area contributed by atoms with Gasteiger partial charge in [0.1, 0.15) is 0 Å². The topological polar surface area (TPSA) is 99.9 Å². The first-order chi connectivity index (χ1) is 8.88. The van der Waals surface area contributed by atoms with Gasteiger partial charge in [-0.05, 0) is 6.92 Å². The molecule has 102 valence electrons. The molecular formula is C11H16N6O2. The highest BCUT2D eigenvalue weighted by Crippen LogP contribution is 2.15. The van der Waals surface area contributed by atoms with Gasteiger partial charge in [-0.25, -0.2) is 10.6 Å². The standard InChI is InChI=1S/C11H16N6O2/c1-6(2)5-17-7-8(13-10(17)14-12)15(3)11(19)16(4)9(7)18/h1,5,12H2,2-4H3,(H,13,14). The van der Waals surface area contributed by atoms with E-state index in [1.807, 2.05) is 6.92 Å². The van der Waals surface area contributed by atoms with Gasteiger partial charge in [-0.2, -0.15) is 4.98 Å². The Morgan fingerprint density at radius 3 is 2.53 bits per heavy atom. The number of aromatic nitrogens is 4. The van der Waals surface area contributed by atoms with Crippen molar-refractivity contribution in [3.05, 3.63) is 33.0 Å². The minimum absolute atomic E-state index is 0.294. The molecule has 0 saturated carbocycles. The minimum atomic E-state index is -0.430. The number of fused-ring (bicyclic) bond motifs is 1. The fraction of sp³-hybridized carbons (Fsp3) is 0.364. The van der Waals surface area contributed by atoms with Crippen LogP contribution >= 0.6 is 0 Å². The maximum Gasteiger partial charge on any atom is 0.332 e. The maximum atomic E-state index is 12.2. The fourth-order valence-electron chi connectivity index (χ4n) is 1.98. The van der Waals surface area contributed by atoms with Crippen LogP contribution in [0.15, 0.2) is 21.7 Å². The summed E-state index contributed by atoms with van der Waals surface area (Å²) in [6.07, 6.45) is 0. The first-order valence-corrected chi connectivity index (χ1v) is 5.65. The smallest absolute Gasteiger partial charge is 0.299 e. The number of allylic oxidation sites excluding steroid dienone is 1. The van der Waals surface area contributed by atoms with Crippen LogP contribution in [0.2, 0.25) is 0 Å². The molecule has 0 saturated heterocycles. The van der Waals surface area contributed by atoms with Gasteiger partial charge in [-0.15, -0.1) is 0 Å². The summed E-state index contributed by atoms with van der Waals surface area (Å²) in [6, 6.07) is 0. The van der Waals surface area contributed by atoms with Gasteiger partial charge in [-0.1, -0.05) is 12.2 Å². The number of aryl methyl sites for hydroxylation is 1. The molecule has 0 amide bonds. The molecule has 2 aromatic heterocycles. The summed E-state index contributed by atoms with van der Waals surface area (Å²) in [5.41, 5.74) is 3.05. The number of hydrazine groups is 1. The molecule has 0 aliphatic rings. The quantitative estimate of drug-likeness (QED) is 0.433. The molecule has 2 aromatic rings. The number of nitrogens with zero attached hydrogens (tertiary/aromatic N) is 4. The molecule has 0 aliphatic heterocycles. The second kappa shape index (κ2) is 4.39. The lowest BCUT2D eigenvalue weighted by molar-refractivity contribution is 0.702. The largest absolute Gasteiger partial charge is 0.332 e. The van der Waals surface area contributed by atoms with Crippen LogP contribution in [-0.4, -0.2) is 18.7 Å². The van der Waals surface area contributed by atoms with E-state index in [1.165, 1.54) is 11.6 Å². The van der Waals surface area contributed by atoms with E-state index >= 15 is 0 Å². The van der Waals surface area contributed by atoms with E-state index in [1.54, 1.807) is 11.6 Å². The lowest BCUT2D eigenvalue weighted by Gasteiger charge is -2.08. The number of hydrogen-bond acceptors (Lipinski definition) is 5. The average Bonchev–Trinajstić information content (AvgIpc) is 2.71. The summed E-state index contributed by atoms with van der Waals surface area (Å²) in [7, 11) is 2.99. The number of nitrogen functional groups attached to an aromatic ring is 1. The van der Waals surface area contributed by atoms with Crippen LogP contribution in [-0.2, 0) is 20.6 Å². The van der Waals surface area contributed by atoms with Crippen molar-refractivity contribution in [2.45, 2.75) is 13.5 Å². The van der Waals surface area contributed by atoms with Crippen LogP contribution in [0.1, 0.15) is 6.92 Å². The summed E-state index contributed by atoms with van der Waals surface area (Å²) in [4.78, 5) is 28.2. The number of imidazole rings is 1. The molecular weight excluding hydrogens is 248 g/mol. The molecule has 2 heterocycles. The van der Waals surface area contributed by atoms with E-state index < -0.39 is 11.2 Å². The summed E-state index contributed by atoms with van der Waals surface area (Å²) < 4.78 is 3.96. The second-order valence-electron chi connectivity index (χ2n) is 4.50. The van der Waals surface area contributed by atoms with E-state index in [9.17, 15) is 9.59 Å². The normalized spacial score (nSPS) is 10.9. The summed E-state index contributed by atoms with van der Waals surface area (Å²) >= 11 is 0. The van der Waals surface area contributed by atoms with Gasteiger partial charge in [0.05, 0.1) is 0 Å². The van der Waals surface area contributed by atoms with Crippen molar-refractivity contribution in [3.63, 3.8) is 0 Å². The van der Waals surface area contributed by atoms with Crippen molar-refractivity contribution in [2.75, 3.05) is 5.43 Å². The van der Waals surface area contributed by atoms with Crippen LogP contribution < -0.4 is 22.5 Å². The third-order valence-electron chi connectivity index (χ3n) is 2.91. The Morgan fingerprint density at radius 2 is 2.00 bits per heavy atom. The van der Waals surface area contributed by atoms with Crippen molar-refractivity contribution in [1.29, 1.82) is 0 Å². The molecule has 0 atom stereocenters. The van der Waals surface area contributed by atoms with Crippen molar-refractivity contribution < 1.29 is 0 Å². The van der Waals surface area contributed by atoms with E-state index in [-0.39, 0.29) is 0 Å². The van der Waals surface area contributed by atoms with Gasteiger partial charge in [0.25, 0.3) is 5.56 Å². The van der Waals surface area contributed by atoms with E-state index in [4.69, 9.17) is 5.84 Å². The van der Waals surface area contributed by atoms with E-state index in [0.29, 0.717) is 23.7 Å². The fourth-order valence-corrected chi connectivity index (χ4v) is 1.98. The summed E-state index contributed by atoms with van der Waals surface area (Å²) in [5.74, 6) is 5.72. The van der Waals surface area contributed by atoms with Crippen molar-refractivity contribution >= 4 is 17.1 Å². The van der Waals surface area contributed by atoms with Gasteiger partial charge < -0.3 is 0 Å². The van der Waals surface area contributed by atoms with Gasteiger partial charge >= 0.3 is 5.69 Å². The molecule has 0 bridgehead atoms. The maximum absolute atomic E-state index is 12.2. The van der Waals surface area contributed by atoms with Gasteiger partial charge in [0.15, 0.2) is 11.2 Å². The van der Waals surface area contributed by atoms with Crippen molar-refractivity contribution in [2.24, 2.45) is 19.9 Å². The SMILES string of the molecule is C=C(C)Cn1c(NN)nc2c1c(=O)n(C)c(=O)n2C. The second-order valence-corrected chi connectivity index (χ2v) is 4.50. The van der Waals surface area contributed by atoms with Gasteiger partial charge in [-0.3, -0.25) is 23.9 Å². The Kier molecular flexibility index (Phi) is 3.03. The molecule has 0 unspecified atom stereocenters. The lowest BCUT2D eigenvalue weighted by Crippen LogP contribution is -2.37. The highest BCUT2D eigenvalue weighted by Gasteiger charge is 2.18. The molecule has 0 aromatic carbocycles. The molecule has 3 N–H and O–H groups in total. The van der Waals surface area contributed by atoms with Crippen LogP contribution in [0.3, 0.4) is 0 Å². The number of nitrogens with two attached hydrogens (primary N) is 1. The average molecular weight is 264 g/mol. The highest BCUT2D eigenvalue weighted by atomic mass is 16.2. The van der Waals surface area contributed by atoms with Crippen LogP contribution in [0.5, 0.6) is 0 Å². The van der Waals surface area contributed by atoms with E-state index in [0.717, 1.165) is 10.1 Å². The van der Waals surface area contributed by atoms with Crippen LogP contribution in [0.4, 0.5) is 5.95 Å². The molecule has 0 spiro atoms. The molecule has 0 fully saturated rings. The number of nitrogens with one attached hydrogen (secondary N) is 1. The summed E-state index contributed by atoms with van der Waals surface area (Å²) in [5, 5.41) is 0. The Bertz CT molecular complexity index is 779. The molecule has 8 nitrogen and oxygen atoms in total. The third kappa shape index (κ3) is 1.85. The van der Waals surface area contributed by atoms with Gasteiger partial charge in [0.2, 0.25) is 5.95 Å². The Labute approximate surface area is 108 Å². The Balaban J connectivity index is 2.99. The molecule has 0 radical (unpaired) electrons. The van der Waals surface area contributed by atoms with Gasteiger partial charge in [0, 0.05) is 20.6 Å². The number of anilines is 1. The first kappa shape index (κ1) is 13.1. The monoisotopic (exact) mass is 264 g/mol. The predicted molar refractivity (Wildman–Crippen MR) is 72.8 cm³/mol. The Hall–Kier alpha value is -2.35. The molecule has 2 rings (SSSR count). The van der Waals surface area contributed by atoms with Crippen molar-refractivity contribution in [3.8, 4) is 0 Å². The zero-order valence-electron chi connectivity index (χ0n) is 11.1. The first-order valence-electron chi connectivity index (χ1n) is 5.65. The predicted octanol–water partition coefficient (Wildman–Crippen LogP) is -0.705. The third-order valence-corrected chi connectivity index (χ3v) is 2.91. The summed E-state index contributed by atoms with van der Waals surface area (Å²) in [6.45, 7) is 6.03. The van der Waals surface area contributed by atoms with Crippen LogP contribution in [0.25, 0.3) is 11.2 Å². The molecule has 19 heavy (non-hydrogen) atoms. The number of rotatable bonds is 3. The highest BCUT2D eigenvalue weighted by molar-refractivity contribution is 5.74.